The molecule has 0 aromatic carbocycles. The molecule has 1 unspecified atom stereocenters. The van der Waals surface area contributed by atoms with Gasteiger partial charge in [0.15, 0.2) is 24.1 Å². The van der Waals surface area contributed by atoms with E-state index < -0.39 is 35.1 Å². The average Bonchev–Trinajstić information content (AvgIpc) is 3.59. The van der Waals surface area contributed by atoms with Crippen molar-refractivity contribution in [2.45, 2.75) is 49.7 Å². The van der Waals surface area contributed by atoms with E-state index in [2.05, 4.69) is 19.8 Å². The van der Waals surface area contributed by atoms with Gasteiger partial charge in [0, 0.05) is 40.6 Å². The van der Waals surface area contributed by atoms with Gasteiger partial charge >= 0.3 is 0 Å². The highest BCUT2D eigenvalue weighted by Crippen LogP contribution is 2.40. The lowest BCUT2D eigenvalue weighted by Crippen LogP contribution is -2.71. The predicted octanol–water partition coefficient (Wildman–Crippen LogP) is -1.73. The van der Waals surface area contributed by atoms with Crippen LogP contribution in [0.5, 0.6) is 0 Å². The minimum Gasteiger partial charge on any atom is -0.545 e. The van der Waals surface area contributed by atoms with E-state index in [1.807, 2.05) is 0 Å². The van der Waals surface area contributed by atoms with Crippen molar-refractivity contribution in [3.63, 3.8) is 0 Å². The number of nitrogen functional groups attached to an aromatic ring is 1. The second kappa shape index (κ2) is 11.0. The Bertz CT molecular complexity index is 1390. The Kier molecular flexibility index (Phi) is 7.47. The Morgan fingerprint density at radius 3 is 2.59 bits per heavy atom. The van der Waals surface area contributed by atoms with Crippen molar-refractivity contribution in [3.05, 3.63) is 47.2 Å². The van der Waals surface area contributed by atoms with E-state index in [4.69, 9.17) is 16.3 Å². The molecule has 1 saturated heterocycles. The number of thioether (sulfide) groups is 1. The summed E-state index contributed by atoms with van der Waals surface area (Å²) in [4.78, 5) is 60.6. The number of amides is 3. The number of hydrogen-bond acceptors (Lipinski definition) is 12. The normalized spacial score (nSPS) is 21.4. The van der Waals surface area contributed by atoms with Gasteiger partial charge in [0.2, 0.25) is 11.5 Å². The second-order valence-corrected chi connectivity index (χ2v) is 11.0. The summed E-state index contributed by atoms with van der Waals surface area (Å²) >= 11 is 2.26. The fourth-order valence-electron chi connectivity index (χ4n) is 4.61. The molecule has 0 radical (unpaired) electrons. The number of aromatic nitrogens is 3. The van der Waals surface area contributed by atoms with Crippen LogP contribution in [0.4, 0.5) is 5.13 Å². The molecule has 2 aromatic rings. The molecule has 1 saturated carbocycles. The number of nitrogens with zero attached hydrogens (tertiary/aromatic N) is 5. The quantitative estimate of drug-likeness (QED) is 0.134. The molecule has 2 aromatic heterocycles. The molecule has 5 N–H and O–H groups in total. The molecule has 4 heterocycles. The number of primary amides is 1. The van der Waals surface area contributed by atoms with Crippen LogP contribution >= 0.6 is 23.3 Å². The van der Waals surface area contributed by atoms with Crippen molar-refractivity contribution in [2.24, 2.45) is 10.9 Å². The van der Waals surface area contributed by atoms with Crippen molar-refractivity contribution in [2.75, 3.05) is 11.5 Å². The molecule has 1 aliphatic carbocycles. The van der Waals surface area contributed by atoms with E-state index in [1.54, 1.807) is 4.57 Å². The number of carboxylic acids is 1. The molecule has 3 aliphatic rings. The van der Waals surface area contributed by atoms with Crippen molar-refractivity contribution >= 4 is 57.8 Å². The van der Waals surface area contributed by atoms with E-state index in [0.717, 1.165) is 37.2 Å². The highest BCUT2D eigenvalue weighted by molar-refractivity contribution is 8.00. The zero-order chi connectivity index (χ0) is 27.7. The van der Waals surface area contributed by atoms with Gasteiger partial charge in [0.05, 0.1) is 5.97 Å². The molecule has 2 aliphatic heterocycles. The number of hydrogen-bond donors (Lipinski definition) is 3. The fourth-order valence-corrected chi connectivity index (χ4v) is 6.38. The van der Waals surface area contributed by atoms with Gasteiger partial charge in [0.1, 0.15) is 23.2 Å². The number of aromatic carboxylic acids is 1. The molecule has 0 spiro atoms. The Morgan fingerprint density at radius 1 is 1.26 bits per heavy atom. The van der Waals surface area contributed by atoms with Gasteiger partial charge in [-0.15, -0.1) is 11.8 Å². The van der Waals surface area contributed by atoms with Gasteiger partial charge < -0.3 is 31.5 Å². The molecule has 5 rings (SSSR count). The Hall–Kier alpha value is -4.05. The summed E-state index contributed by atoms with van der Waals surface area (Å²) in [5, 5.41) is 17.3. The third kappa shape index (κ3) is 5.42. The largest absolute Gasteiger partial charge is 0.545 e. The third-order valence-electron chi connectivity index (χ3n) is 6.53. The maximum Gasteiger partial charge on any atom is 0.278 e. The number of β-lactam (4-membered cyclic amide) rings is 1. The number of carbonyl (C=O) groups excluding carboxylic acids is 4. The van der Waals surface area contributed by atoms with Crippen LogP contribution in [-0.2, 0) is 25.8 Å². The summed E-state index contributed by atoms with van der Waals surface area (Å²) in [6.45, 7) is 0.207. The van der Waals surface area contributed by atoms with Crippen LogP contribution in [-0.4, -0.2) is 66.9 Å². The summed E-state index contributed by atoms with van der Waals surface area (Å²) in [6, 6.07) is 1.81. The SMILES string of the molecule is NC(=O)C1=C(C[n+]2ccc(C(=O)[O-])cc2)CS[C@H]2C(NC(=O)C(=NOC3CCCC3)c3nsc(N)n3)C(=O)N12. The van der Waals surface area contributed by atoms with Crippen LogP contribution < -0.4 is 26.5 Å². The first kappa shape index (κ1) is 26.6. The number of nitrogens with two attached hydrogens (primary N) is 2. The monoisotopic (exact) mass is 572 g/mol. The minimum atomic E-state index is -1.30. The maximum absolute atomic E-state index is 13.2. The molecule has 3 amide bonds. The van der Waals surface area contributed by atoms with E-state index in [9.17, 15) is 24.3 Å². The van der Waals surface area contributed by atoms with E-state index in [0.29, 0.717) is 11.3 Å². The number of anilines is 1. The summed E-state index contributed by atoms with van der Waals surface area (Å²) in [5.74, 6) is -2.95. The standard InChI is InChI=1S/C23H24N8O6S2/c24-17(32)16-12(9-30-7-5-11(6-8-30)22(35)36)10-38-21-15(20(34)31(16)21)26-19(33)14(18-27-23(25)39-29-18)28-37-13-3-1-2-4-13/h5-8,13,15,21H,1-4,9-10H2,(H5-,24,25,26,27,29,32,33,35,36)/t15?,21-/m0/s1. The van der Waals surface area contributed by atoms with Crippen LogP contribution in [0.25, 0.3) is 0 Å². The van der Waals surface area contributed by atoms with Gasteiger partial charge in [-0.2, -0.15) is 9.36 Å². The molecular weight excluding hydrogens is 548 g/mol. The molecule has 16 heteroatoms. The van der Waals surface area contributed by atoms with E-state index in [1.165, 1.54) is 41.2 Å². The first-order valence-electron chi connectivity index (χ1n) is 12.0. The number of rotatable bonds is 9. The summed E-state index contributed by atoms with van der Waals surface area (Å²) < 4.78 is 5.72. The smallest absolute Gasteiger partial charge is 0.278 e. The summed E-state index contributed by atoms with van der Waals surface area (Å²) in [6.07, 6.45) is 6.61. The van der Waals surface area contributed by atoms with Gasteiger partial charge in [-0.05, 0) is 25.7 Å². The number of fused-ring (bicyclic) bond motifs is 1. The van der Waals surface area contributed by atoms with Crippen molar-refractivity contribution < 1.29 is 33.7 Å². The maximum atomic E-state index is 13.2. The van der Waals surface area contributed by atoms with Gasteiger partial charge in [0.25, 0.3) is 17.7 Å². The lowest BCUT2D eigenvalue weighted by Gasteiger charge is -2.49. The molecular formula is C23H24N8O6S2. The molecule has 2 fully saturated rings. The first-order valence-corrected chi connectivity index (χ1v) is 13.9. The molecule has 204 valence electrons. The number of carboxylic acid groups (broad SMARTS) is 1. The fraction of sp³-hybridized carbons (Fsp3) is 0.391. The first-order chi connectivity index (χ1) is 18.7. The molecule has 39 heavy (non-hydrogen) atoms. The van der Waals surface area contributed by atoms with Crippen molar-refractivity contribution in [1.82, 2.24) is 19.6 Å². The number of nitrogens with one attached hydrogen (secondary N) is 1. The van der Waals surface area contributed by atoms with Gasteiger partial charge in [-0.3, -0.25) is 19.3 Å². The number of oxime groups is 1. The molecule has 0 bridgehead atoms. The summed E-state index contributed by atoms with van der Waals surface area (Å²) in [7, 11) is 0. The van der Waals surface area contributed by atoms with Crippen LogP contribution in [0.1, 0.15) is 41.9 Å². The van der Waals surface area contributed by atoms with E-state index in [-0.39, 0.29) is 40.6 Å². The van der Waals surface area contributed by atoms with Crippen LogP contribution in [0, 0.1) is 0 Å². The Labute approximate surface area is 230 Å². The summed E-state index contributed by atoms with van der Waals surface area (Å²) in [5.41, 5.74) is 11.8. The zero-order valence-electron chi connectivity index (χ0n) is 20.4. The molecule has 2 atom stereocenters. The topological polar surface area (TPSA) is 210 Å². The number of pyridine rings is 1. The predicted molar refractivity (Wildman–Crippen MR) is 136 cm³/mol. The van der Waals surface area contributed by atoms with Crippen LogP contribution in [0.15, 0.2) is 41.0 Å². The lowest BCUT2D eigenvalue weighted by molar-refractivity contribution is -0.689. The minimum absolute atomic E-state index is 0.00495. The molecule has 14 nitrogen and oxygen atoms in total. The Balaban J connectivity index is 1.32. The zero-order valence-corrected chi connectivity index (χ0v) is 22.1. The van der Waals surface area contributed by atoms with Gasteiger partial charge in [-0.25, -0.2) is 4.57 Å². The third-order valence-corrected chi connectivity index (χ3v) is 8.41. The highest BCUT2D eigenvalue weighted by atomic mass is 32.2. The van der Waals surface area contributed by atoms with Crippen molar-refractivity contribution in [1.29, 1.82) is 0 Å². The second-order valence-electron chi connectivity index (χ2n) is 9.13. The Morgan fingerprint density at radius 2 is 1.97 bits per heavy atom. The van der Waals surface area contributed by atoms with Crippen LogP contribution in [0.2, 0.25) is 0 Å². The van der Waals surface area contributed by atoms with Gasteiger partial charge in [-0.1, -0.05) is 5.16 Å². The number of carbonyl (C=O) groups is 4. The lowest BCUT2D eigenvalue weighted by atomic mass is 10.0. The van der Waals surface area contributed by atoms with Crippen LogP contribution in [0.3, 0.4) is 0 Å². The van der Waals surface area contributed by atoms with E-state index >= 15 is 0 Å². The van der Waals surface area contributed by atoms with Crippen molar-refractivity contribution in [3.8, 4) is 0 Å². The average molecular weight is 573 g/mol. The highest BCUT2D eigenvalue weighted by Gasteiger charge is 2.54.